The van der Waals surface area contributed by atoms with E-state index >= 15 is 0 Å². The van der Waals surface area contributed by atoms with Gasteiger partial charge < -0.3 is 5.32 Å². The Bertz CT molecular complexity index is 635. The normalized spacial score (nSPS) is 9.89. The maximum Gasteiger partial charge on any atom is 0.148 e. The Labute approximate surface area is 118 Å². The number of halogens is 2. The van der Waals surface area contributed by atoms with Gasteiger partial charge in [-0.1, -0.05) is 6.07 Å². The van der Waals surface area contributed by atoms with Crippen LogP contribution in [-0.4, -0.2) is 4.98 Å². The number of anilines is 2. The number of para-hydroxylation sites is 1. The first-order valence-electron chi connectivity index (χ1n) is 5.19. The van der Waals surface area contributed by atoms with Crippen molar-refractivity contribution in [2.24, 2.45) is 0 Å². The average molecular weight is 353 g/mol. The van der Waals surface area contributed by atoms with Crippen molar-refractivity contribution in [2.45, 2.75) is 6.92 Å². The molecule has 0 fully saturated rings. The lowest BCUT2D eigenvalue weighted by atomic mass is 10.2. The van der Waals surface area contributed by atoms with Gasteiger partial charge in [0.25, 0.3) is 0 Å². The zero-order valence-electron chi connectivity index (χ0n) is 9.54. The Hall–Kier alpha value is -1.68. The van der Waals surface area contributed by atoms with E-state index in [4.69, 9.17) is 5.26 Å². The molecule has 1 aromatic carbocycles. The molecule has 0 amide bonds. The summed E-state index contributed by atoms with van der Waals surface area (Å²) in [5.74, 6) is 0.0887. The second kappa shape index (κ2) is 5.31. The molecule has 0 unspecified atom stereocenters. The van der Waals surface area contributed by atoms with Crippen LogP contribution in [0.25, 0.3) is 0 Å². The van der Waals surface area contributed by atoms with Crippen LogP contribution in [-0.2, 0) is 0 Å². The molecule has 90 valence electrons. The number of nitrogens with zero attached hydrogens (tertiary/aromatic N) is 2. The van der Waals surface area contributed by atoms with Gasteiger partial charge in [0.05, 0.1) is 11.3 Å². The van der Waals surface area contributed by atoms with Crippen LogP contribution < -0.4 is 5.32 Å². The molecule has 0 saturated carbocycles. The zero-order valence-corrected chi connectivity index (χ0v) is 11.7. The van der Waals surface area contributed by atoms with Gasteiger partial charge in [-0.15, -0.1) is 0 Å². The second-order valence-corrected chi connectivity index (χ2v) is 4.96. The van der Waals surface area contributed by atoms with Crippen LogP contribution in [0.5, 0.6) is 0 Å². The topological polar surface area (TPSA) is 48.7 Å². The van der Waals surface area contributed by atoms with Crippen molar-refractivity contribution in [3.63, 3.8) is 0 Å². The van der Waals surface area contributed by atoms with E-state index in [1.54, 1.807) is 12.3 Å². The molecule has 3 nitrogen and oxygen atoms in total. The molecule has 0 aliphatic heterocycles. The number of benzene rings is 1. The second-order valence-electron chi connectivity index (χ2n) is 3.72. The van der Waals surface area contributed by atoms with E-state index < -0.39 is 5.82 Å². The SMILES string of the molecule is Cc1cc(I)cnc1Nc1c(F)cccc1C#N. The first-order chi connectivity index (χ1) is 8.61. The monoisotopic (exact) mass is 353 g/mol. The first-order valence-corrected chi connectivity index (χ1v) is 6.27. The minimum atomic E-state index is -0.464. The molecule has 1 heterocycles. The van der Waals surface area contributed by atoms with Gasteiger partial charge in [0, 0.05) is 9.77 Å². The summed E-state index contributed by atoms with van der Waals surface area (Å²) in [5, 5.41) is 11.8. The Morgan fingerprint density at radius 1 is 1.44 bits per heavy atom. The van der Waals surface area contributed by atoms with E-state index in [0.29, 0.717) is 5.82 Å². The maximum absolute atomic E-state index is 13.7. The van der Waals surface area contributed by atoms with Gasteiger partial charge in [0.2, 0.25) is 0 Å². The number of nitrogens with one attached hydrogen (secondary N) is 1. The summed E-state index contributed by atoms with van der Waals surface area (Å²) in [7, 11) is 0. The number of hydrogen-bond acceptors (Lipinski definition) is 3. The summed E-state index contributed by atoms with van der Waals surface area (Å²) in [6.07, 6.45) is 1.68. The summed E-state index contributed by atoms with van der Waals surface area (Å²) in [4.78, 5) is 4.19. The molecule has 2 aromatic rings. The molecule has 0 atom stereocenters. The first kappa shape index (κ1) is 12.8. The standard InChI is InChI=1S/C13H9FIN3/c1-8-5-10(15)7-17-13(8)18-12-9(6-16)3-2-4-11(12)14/h2-5,7H,1H3,(H,17,18). The van der Waals surface area contributed by atoms with Crippen molar-refractivity contribution < 1.29 is 4.39 Å². The third-order valence-corrected chi connectivity index (χ3v) is 3.01. The fourth-order valence-electron chi connectivity index (χ4n) is 1.53. The minimum absolute atomic E-state index is 0.164. The molecule has 2 rings (SSSR count). The third-order valence-electron chi connectivity index (χ3n) is 2.42. The molecule has 0 bridgehead atoms. The van der Waals surface area contributed by atoms with E-state index in [-0.39, 0.29) is 11.3 Å². The van der Waals surface area contributed by atoms with Gasteiger partial charge in [0.15, 0.2) is 0 Å². The van der Waals surface area contributed by atoms with Crippen molar-refractivity contribution in [2.75, 3.05) is 5.32 Å². The van der Waals surface area contributed by atoms with E-state index in [9.17, 15) is 4.39 Å². The number of hydrogen-bond donors (Lipinski definition) is 1. The Morgan fingerprint density at radius 3 is 2.89 bits per heavy atom. The van der Waals surface area contributed by atoms with Crippen LogP contribution in [0.2, 0.25) is 0 Å². The molecule has 1 N–H and O–H groups in total. The maximum atomic E-state index is 13.7. The van der Waals surface area contributed by atoms with E-state index in [1.165, 1.54) is 12.1 Å². The highest BCUT2D eigenvalue weighted by molar-refractivity contribution is 14.1. The van der Waals surface area contributed by atoms with Crippen molar-refractivity contribution in [3.05, 3.63) is 51.0 Å². The highest BCUT2D eigenvalue weighted by atomic mass is 127. The van der Waals surface area contributed by atoms with Crippen molar-refractivity contribution in [1.82, 2.24) is 4.98 Å². The summed E-state index contributed by atoms with van der Waals surface area (Å²) >= 11 is 2.16. The molecule has 0 saturated heterocycles. The van der Waals surface area contributed by atoms with Gasteiger partial charge >= 0.3 is 0 Å². The van der Waals surface area contributed by atoms with E-state index in [0.717, 1.165) is 9.13 Å². The molecule has 5 heteroatoms. The van der Waals surface area contributed by atoms with Crippen LogP contribution in [0.3, 0.4) is 0 Å². The van der Waals surface area contributed by atoms with Gasteiger partial charge in [-0.05, 0) is 53.3 Å². The number of rotatable bonds is 2. The largest absolute Gasteiger partial charge is 0.337 e. The smallest absolute Gasteiger partial charge is 0.148 e. The Kier molecular flexibility index (Phi) is 3.77. The Balaban J connectivity index is 2.43. The van der Waals surface area contributed by atoms with Crippen molar-refractivity contribution >= 4 is 34.1 Å². The van der Waals surface area contributed by atoms with Crippen LogP contribution in [0.4, 0.5) is 15.9 Å². The fraction of sp³-hybridized carbons (Fsp3) is 0.0769. The lowest BCUT2D eigenvalue weighted by Crippen LogP contribution is -2.01. The molecule has 0 aliphatic carbocycles. The van der Waals surface area contributed by atoms with Crippen LogP contribution in [0.1, 0.15) is 11.1 Å². The minimum Gasteiger partial charge on any atom is -0.337 e. The summed E-state index contributed by atoms with van der Waals surface area (Å²) in [6.45, 7) is 1.88. The fourth-order valence-corrected chi connectivity index (χ4v) is 2.14. The highest BCUT2D eigenvalue weighted by Crippen LogP contribution is 2.25. The summed E-state index contributed by atoms with van der Waals surface area (Å²) in [5.41, 5.74) is 1.32. The van der Waals surface area contributed by atoms with Crippen molar-refractivity contribution in [1.29, 1.82) is 5.26 Å². The molecule has 0 spiro atoms. The van der Waals surface area contributed by atoms with E-state index in [1.807, 2.05) is 19.1 Å². The van der Waals surface area contributed by atoms with Gasteiger partial charge in [-0.3, -0.25) is 0 Å². The van der Waals surface area contributed by atoms with Crippen molar-refractivity contribution in [3.8, 4) is 6.07 Å². The van der Waals surface area contributed by atoms with Gasteiger partial charge in [-0.2, -0.15) is 5.26 Å². The third kappa shape index (κ3) is 2.59. The van der Waals surface area contributed by atoms with Gasteiger partial charge in [0.1, 0.15) is 17.7 Å². The van der Waals surface area contributed by atoms with Crippen LogP contribution >= 0.6 is 22.6 Å². The number of nitriles is 1. The lowest BCUT2D eigenvalue weighted by Gasteiger charge is -2.10. The summed E-state index contributed by atoms with van der Waals surface area (Å²) < 4.78 is 14.7. The summed E-state index contributed by atoms with van der Waals surface area (Å²) in [6, 6.07) is 8.27. The van der Waals surface area contributed by atoms with Gasteiger partial charge in [-0.25, -0.2) is 9.37 Å². The van der Waals surface area contributed by atoms with E-state index in [2.05, 4.69) is 32.9 Å². The number of aryl methyl sites for hydroxylation is 1. The highest BCUT2D eigenvalue weighted by Gasteiger charge is 2.10. The quantitative estimate of drug-likeness (QED) is 0.837. The average Bonchev–Trinajstić information content (AvgIpc) is 2.34. The predicted molar refractivity (Wildman–Crippen MR) is 76.1 cm³/mol. The number of aromatic nitrogens is 1. The lowest BCUT2D eigenvalue weighted by molar-refractivity contribution is 0.631. The van der Waals surface area contributed by atoms with Crippen LogP contribution in [0.15, 0.2) is 30.5 Å². The molecule has 18 heavy (non-hydrogen) atoms. The Morgan fingerprint density at radius 2 is 2.22 bits per heavy atom. The molecular formula is C13H9FIN3. The molecular weight excluding hydrogens is 344 g/mol. The molecule has 0 radical (unpaired) electrons. The number of pyridine rings is 1. The molecule has 0 aliphatic rings. The predicted octanol–water partition coefficient (Wildman–Crippen LogP) is 3.75. The van der Waals surface area contributed by atoms with Crippen LogP contribution in [0, 0.1) is 27.6 Å². The zero-order chi connectivity index (χ0) is 13.1. The molecule has 1 aromatic heterocycles.